The van der Waals surface area contributed by atoms with Gasteiger partial charge in [-0.25, -0.2) is 0 Å². The first-order chi connectivity index (χ1) is 8.24. The molecule has 18 heavy (non-hydrogen) atoms. The summed E-state index contributed by atoms with van der Waals surface area (Å²) in [6.07, 6.45) is -4.07. The maximum atomic E-state index is 12.9. The summed E-state index contributed by atoms with van der Waals surface area (Å²) < 4.78 is 38.6. The van der Waals surface area contributed by atoms with Gasteiger partial charge in [-0.2, -0.15) is 13.2 Å². The van der Waals surface area contributed by atoms with Gasteiger partial charge in [0.05, 0.1) is 12.0 Å². The molecule has 1 aliphatic carbocycles. The molecule has 0 spiro atoms. The van der Waals surface area contributed by atoms with E-state index in [0.717, 1.165) is 6.07 Å². The first-order valence-electron chi connectivity index (χ1n) is 5.37. The molecule has 0 aromatic heterocycles. The SMILES string of the molecule is O=C(O)CC1(c2ccc(O)cc2C(F)(F)F)CC1. The highest BCUT2D eigenvalue weighted by molar-refractivity contribution is 5.70. The van der Waals surface area contributed by atoms with E-state index >= 15 is 0 Å². The van der Waals surface area contributed by atoms with Crippen molar-refractivity contribution in [1.82, 2.24) is 0 Å². The van der Waals surface area contributed by atoms with Crippen LogP contribution in [0.5, 0.6) is 5.75 Å². The quantitative estimate of drug-likeness (QED) is 0.878. The average Bonchev–Trinajstić information content (AvgIpc) is 2.96. The Labute approximate surface area is 101 Å². The Balaban J connectivity index is 2.48. The molecule has 1 aliphatic rings. The van der Waals surface area contributed by atoms with Gasteiger partial charge in [-0.15, -0.1) is 0 Å². The van der Waals surface area contributed by atoms with Crippen LogP contribution in [0.2, 0.25) is 0 Å². The molecule has 3 nitrogen and oxygen atoms in total. The number of benzene rings is 1. The molecule has 0 amide bonds. The van der Waals surface area contributed by atoms with Crippen LogP contribution in [0.3, 0.4) is 0 Å². The van der Waals surface area contributed by atoms with Crippen molar-refractivity contribution >= 4 is 5.97 Å². The molecule has 0 saturated heterocycles. The smallest absolute Gasteiger partial charge is 0.416 e. The fourth-order valence-corrected chi connectivity index (χ4v) is 2.21. The van der Waals surface area contributed by atoms with Gasteiger partial charge in [-0.3, -0.25) is 4.79 Å². The van der Waals surface area contributed by atoms with E-state index in [2.05, 4.69) is 0 Å². The minimum absolute atomic E-state index is 0.0322. The highest BCUT2D eigenvalue weighted by Crippen LogP contribution is 2.54. The van der Waals surface area contributed by atoms with Gasteiger partial charge in [0.15, 0.2) is 0 Å². The summed E-state index contributed by atoms with van der Waals surface area (Å²) in [7, 11) is 0. The topological polar surface area (TPSA) is 57.5 Å². The Hall–Kier alpha value is -1.72. The predicted molar refractivity (Wildman–Crippen MR) is 56.3 cm³/mol. The molecular formula is C12H11F3O3. The lowest BCUT2D eigenvalue weighted by Gasteiger charge is -2.19. The van der Waals surface area contributed by atoms with Crippen LogP contribution in [-0.4, -0.2) is 16.2 Å². The zero-order chi connectivity index (χ0) is 13.6. The largest absolute Gasteiger partial charge is 0.508 e. The number of alkyl halides is 3. The zero-order valence-corrected chi connectivity index (χ0v) is 9.29. The summed E-state index contributed by atoms with van der Waals surface area (Å²) in [6.45, 7) is 0. The van der Waals surface area contributed by atoms with Crippen molar-refractivity contribution in [1.29, 1.82) is 0 Å². The van der Waals surface area contributed by atoms with E-state index in [1.165, 1.54) is 6.07 Å². The van der Waals surface area contributed by atoms with E-state index in [4.69, 9.17) is 10.2 Å². The van der Waals surface area contributed by atoms with Crippen LogP contribution in [0.4, 0.5) is 13.2 Å². The minimum atomic E-state index is -4.60. The number of hydrogen-bond acceptors (Lipinski definition) is 2. The molecule has 1 aromatic rings. The molecular weight excluding hydrogens is 249 g/mol. The van der Waals surface area contributed by atoms with Gasteiger partial charge in [-0.05, 0) is 30.5 Å². The summed E-state index contributed by atoms with van der Waals surface area (Å²) >= 11 is 0. The van der Waals surface area contributed by atoms with Crippen molar-refractivity contribution in [3.8, 4) is 5.75 Å². The zero-order valence-electron chi connectivity index (χ0n) is 9.29. The van der Waals surface area contributed by atoms with E-state index in [-0.39, 0.29) is 12.0 Å². The standard InChI is InChI=1S/C12H11F3O3/c13-12(14,15)9-5-7(16)1-2-8(9)11(3-4-11)6-10(17)18/h1-2,5,16H,3-4,6H2,(H,17,18). The van der Waals surface area contributed by atoms with Crippen molar-refractivity contribution in [2.75, 3.05) is 0 Å². The predicted octanol–water partition coefficient (Wildman–Crippen LogP) is 2.92. The van der Waals surface area contributed by atoms with Crippen LogP contribution in [0.1, 0.15) is 30.4 Å². The number of halogens is 3. The Morgan fingerprint density at radius 3 is 2.39 bits per heavy atom. The van der Waals surface area contributed by atoms with E-state index in [1.807, 2.05) is 0 Å². The Morgan fingerprint density at radius 1 is 1.33 bits per heavy atom. The highest BCUT2D eigenvalue weighted by Gasteiger charge is 2.50. The van der Waals surface area contributed by atoms with Crippen molar-refractivity contribution in [3.05, 3.63) is 29.3 Å². The van der Waals surface area contributed by atoms with Gasteiger partial charge in [0.25, 0.3) is 0 Å². The number of hydrogen-bond donors (Lipinski definition) is 2. The molecule has 98 valence electrons. The van der Waals surface area contributed by atoms with Crippen LogP contribution < -0.4 is 0 Å². The number of carboxylic acid groups (broad SMARTS) is 1. The molecule has 2 rings (SSSR count). The molecule has 0 radical (unpaired) electrons. The van der Waals surface area contributed by atoms with Crippen LogP contribution >= 0.6 is 0 Å². The summed E-state index contributed by atoms with van der Waals surface area (Å²) in [4.78, 5) is 10.7. The fraction of sp³-hybridized carbons (Fsp3) is 0.417. The van der Waals surface area contributed by atoms with Gasteiger partial charge in [0.1, 0.15) is 5.75 Å². The third-order valence-electron chi connectivity index (χ3n) is 3.22. The van der Waals surface area contributed by atoms with Gasteiger partial charge >= 0.3 is 12.1 Å². The number of aromatic hydroxyl groups is 1. The lowest BCUT2D eigenvalue weighted by Crippen LogP contribution is -2.19. The first-order valence-corrected chi connectivity index (χ1v) is 5.37. The van der Waals surface area contributed by atoms with Crippen molar-refractivity contribution in [2.45, 2.75) is 30.9 Å². The van der Waals surface area contributed by atoms with Crippen LogP contribution in [-0.2, 0) is 16.4 Å². The molecule has 0 aliphatic heterocycles. The third kappa shape index (κ3) is 2.27. The van der Waals surface area contributed by atoms with E-state index in [9.17, 15) is 18.0 Å². The molecule has 0 unspecified atom stereocenters. The molecule has 6 heteroatoms. The van der Waals surface area contributed by atoms with Crippen LogP contribution in [0, 0.1) is 0 Å². The van der Waals surface area contributed by atoms with Crippen LogP contribution in [0.15, 0.2) is 18.2 Å². The number of carboxylic acids is 1. The Morgan fingerprint density at radius 2 is 1.94 bits per heavy atom. The van der Waals surface area contributed by atoms with E-state index in [0.29, 0.717) is 18.9 Å². The average molecular weight is 260 g/mol. The number of phenolic OH excluding ortho intramolecular Hbond substituents is 1. The lowest BCUT2D eigenvalue weighted by atomic mass is 9.88. The number of carbonyl (C=O) groups is 1. The van der Waals surface area contributed by atoms with E-state index in [1.54, 1.807) is 0 Å². The summed E-state index contributed by atoms with van der Waals surface area (Å²) in [5.41, 5.74) is -1.90. The molecule has 0 atom stereocenters. The van der Waals surface area contributed by atoms with Gasteiger partial charge < -0.3 is 10.2 Å². The summed E-state index contributed by atoms with van der Waals surface area (Å²) in [5, 5.41) is 17.9. The van der Waals surface area contributed by atoms with Crippen molar-refractivity contribution < 1.29 is 28.2 Å². The number of aliphatic carboxylic acids is 1. The second-order valence-electron chi connectivity index (χ2n) is 4.58. The Bertz CT molecular complexity index is 490. The summed E-state index contributed by atoms with van der Waals surface area (Å²) in [6, 6.07) is 2.98. The maximum Gasteiger partial charge on any atom is 0.416 e. The second-order valence-corrected chi connectivity index (χ2v) is 4.58. The molecule has 1 saturated carbocycles. The van der Waals surface area contributed by atoms with Crippen molar-refractivity contribution in [2.24, 2.45) is 0 Å². The van der Waals surface area contributed by atoms with Gasteiger partial charge in [0, 0.05) is 5.41 Å². The van der Waals surface area contributed by atoms with Crippen molar-refractivity contribution in [3.63, 3.8) is 0 Å². The first kappa shape index (κ1) is 12.7. The molecule has 1 fully saturated rings. The molecule has 1 aromatic carbocycles. The lowest BCUT2D eigenvalue weighted by molar-refractivity contribution is -0.141. The number of rotatable bonds is 3. The fourth-order valence-electron chi connectivity index (χ4n) is 2.21. The molecule has 2 N–H and O–H groups in total. The van der Waals surface area contributed by atoms with Crippen LogP contribution in [0.25, 0.3) is 0 Å². The van der Waals surface area contributed by atoms with E-state index < -0.39 is 28.9 Å². The maximum absolute atomic E-state index is 12.9. The Kier molecular flexibility index (Phi) is 2.76. The number of phenols is 1. The van der Waals surface area contributed by atoms with Gasteiger partial charge in [-0.1, -0.05) is 6.07 Å². The molecule has 0 bridgehead atoms. The minimum Gasteiger partial charge on any atom is -0.508 e. The molecule has 0 heterocycles. The summed E-state index contributed by atoms with van der Waals surface area (Å²) in [5.74, 6) is -1.59. The highest BCUT2D eigenvalue weighted by atomic mass is 19.4. The van der Waals surface area contributed by atoms with Gasteiger partial charge in [0.2, 0.25) is 0 Å². The monoisotopic (exact) mass is 260 g/mol. The third-order valence-corrected chi connectivity index (χ3v) is 3.22. The normalized spacial score (nSPS) is 17.5. The second kappa shape index (κ2) is 3.90.